The Balaban J connectivity index is 1.59. The highest BCUT2D eigenvalue weighted by Crippen LogP contribution is 2.16. The van der Waals surface area contributed by atoms with Crippen LogP contribution in [0.25, 0.3) is 0 Å². The zero-order valence-corrected chi connectivity index (χ0v) is 17.0. The summed E-state index contributed by atoms with van der Waals surface area (Å²) in [5.74, 6) is -0.642. The molecule has 0 aliphatic carbocycles. The Labute approximate surface area is 175 Å². The van der Waals surface area contributed by atoms with E-state index in [0.29, 0.717) is 13.1 Å². The van der Waals surface area contributed by atoms with Gasteiger partial charge in [0.15, 0.2) is 0 Å². The molecular weight excluding hydrogens is 404 g/mol. The van der Waals surface area contributed by atoms with Crippen molar-refractivity contribution in [3.8, 4) is 6.07 Å². The van der Waals surface area contributed by atoms with Crippen molar-refractivity contribution >= 4 is 21.7 Å². The van der Waals surface area contributed by atoms with Gasteiger partial charge in [0.25, 0.3) is 16.0 Å². The average molecular weight is 426 g/mol. The lowest BCUT2D eigenvalue weighted by atomic mass is 10.2. The lowest BCUT2D eigenvalue weighted by Gasteiger charge is -2.34. The summed E-state index contributed by atoms with van der Waals surface area (Å²) in [6, 6.07) is 17.3. The summed E-state index contributed by atoms with van der Waals surface area (Å²) in [6.07, 6.45) is 1.53. The largest absolute Gasteiger partial charge is 0.374 e. The molecule has 2 aromatic carbocycles. The van der Waals surface area contributed by atoms with E-state index in [2.05, 4.69) is 22.3 Å². The van der Waals surface area contributed by atoms with Crippen LogP contribution in [0.2, 0.25) is 0 Å². The van der Waals surface area contributed by atoms with E-state index < -0.39 is 16.0 Å². The topological polar surface area (TPSA) is 114 Å². The number of piperazine rings is 1. The zero-order chi connectivity index (χ0) is 21.6. The lowest BCUT2D eigenvalue weighted by molar-refractivity contribution is -0.112. The van der Waals surface area contributed by atoms with Gasteiger partial charge in [-0.05, 0) is 23.8 Å². The first-order valence-electron chi connectivity index (χ1n) is 9.36. The van der Waals surface area contributed by atoms with Crippen LogP contribution in [0.3, 0.4) is 0 Å². The number of carbonyl (C=O) groups is 1. The first kappa shape index (κ1) is 21.5. The highest BCUT2D eigenvalue weighted by atomic mass is 32.2. The van der Waals surface area contributed by atoms with Gasteiger partial charge >= 0.3 is 0 Å². The highest BCUT2D eigenvalue weighted by molar-refractivity contribution is 7.85. The van der Waals surface area contributed by atoms with Gasteiger partial charge in [0.05, 0.1) is 4.90 Å². The summed E-state index contributed by atoms with van der Waals surface area (Å²) in [4.78, 5) is 16.3. The maximum atomic E-state index is 12.4. The molecule has 0 unspecified atom stereocenters. The van der Waals surface area contributed by atoms with Gasteiger partial charge < -0.3 is 10.2 Å². The number of amides is 1. The monoisotopic (exact) mass is 426 g/mol. The Morgan fingerprint density at radius 1 is 1.10 bits per heavy atom. The van der Waals surface area contributed by atoms with Crippen molar-refractivity contribution in [2.45, 2.75) is 11.4 Å². The van der Waals surface area contributed by atoms with Crippen molar-refractivity contribution in [2.24, 2.45) is 0 Å². The molecule has 8 nitrogen and oxygen atoms in total. The van der Waals surface area contributed by atoms with Gasteiger partial charge in [0.1, 0.15) is 11.6 Å². The van der Waals surface area contributed by atoms with E-state index in [1.807, 2.05) is 29.2 Å². The van der Waals surface area contributed by atoms with Crippen molar-refractivity contribution in [1.29, 1.82) is 5.26 Å². The molecule has 0 aromatic heterocycles. The number of anilines is 1. The van der Waals surface area contributed by atoms with E-state index in [1.54, 1.807) is 0 Å². The van der Waals surface area contributed by atoms with Crippen molar-refractivity contribution in [1.82, 2.24) is 9.80 Å². The molecule has 1 aliphatic rings. The van der Waals surface area contributed by atoms with Crippen LogP contribution in [0.4, 0.5) is 5.69 Å². The molecular formula is C21H22N4O4S. The van der Waals surface area contributed by atoms with Crippen LogP contribution in [-0.2, 0) is 21.5 Å². The van der Waals surface area contributed by atoms with Crippen LogP contribution in [0.15, 0.2) is 71.3 Å². The van der Waals surface area contributed by atoms with Crippen LogP contribution in [0.5, 0.6) is 0 Å². The van der Waals surface area contributed by atoms with Gasteiger partial charge in [0.2, 0.25) is 0 Å². The van der Waals surface area contributed by atoms with E-state index in [9.17, 15) is 18.5 Å². The first-order valence-corrected chi connectivity index (χ1v) is 10.8. The molecule has 0 atom stereocenters. The molecule has 1 aliphatic heterocycles. The van der Waals surface area contributed by atoms with Gasteiger partial charge in [-0.1, -0.05) is 36.4 Å². The predicted molar refractivity (Wildman–Crippen MR) is 112 cm³/mol. The maximum absolute atomic E-state index is 12.4. The number of nitriles is 1. The molecule has 0 spiro atoms. The maximum Gasteiger partial charge on any atom is 0.294 e. The number of hydrogen-bond acceptors (Lipinski definition) is 6. The van der Waals surface area contributed by atoms with Crippen molar-refractivity contribution < 1.29 is 17.8 Å². The minimum atomic E-state index is -4.38. The Kier molecular flexibility index (Phi) is 6.84. The van der Waals surface area contributed by atoms with E-state index >= 15 is 0 Å². The second-order valence-electron chi connectivity index (χ2n) is 6.91. The van der Waals surface area contributed by atoms with E-state index in [1.165, 1.54) is 30.0 Å². The average Bonchev–Trinajstić information content (AvgIpc) is 2.73. The molecule has 3 rings (SSSR count). The molecule has 30 heavy (non-hydrogen) atoms. The fourth-order valence-corrected chi connectivity index (χ4v) is 3.67. The molecule has 1 saturated heterocycles. The van der Waals surface area contributed by atoms with Crippen LogP contribution in [0.1, 0.15) is 5.56 Å². The number of benzene rings is 2. The predicted octanol–water partition coefficient (Wildman–Crippen LogP) is 2.10. The number of nitrogens with zero attached hydrogens (tertiary/aromatic N) is 3. The number of hydrogen-bond donors (Lipinski definition) is 2. The fraction of sp³-hybridized carbons (Fsp3) is 0.238. The third-order valence-electron chi connectivity index (χ3n) is 4.72. The number of nitrogens with one attached hydrogen (secondary N) is 1. The Hall–Kier alpha value is -3.19. The van der Waals surface area contributed by atoms with Gasteiger partial charge in [-0.15, -0.1) is 0 Å². The quantitative estimate of drug-likeness (QED) is 0.413. The molecule has 1 amide bonds. The second-order valence-corrected chi connectivity index (χ2v) is 8.33. The number of rotatable bonds is 6. The van der Waals surface area contributed by atoms with E-state index in [-0.39, 0.29) is 16.2 Å². The molecule has 9 heteroatoms. The lowest BCUT2D eigenvalue weighted by Crippen LogP contribution is -2.43. The highest BCUT2D eigenvalue weighted by Gasteiger charge is 2.18. The Morgan fingerprint density at radius 3 is 2.43 bits per heavy atom. The van der Waals surface area contributed by atoms with Crippen molar-refractivity contribution in [3.63, 3.8) is 0 Å². The summed E-state index contributed by atoms with van der Waals surface area (Å²) in [7, 11) is -4.38. The van der Waals surface area contributed by atoms with Gasteiger partial charge in [-0.3, -0.25) is 14.2 Å². The van der Waals surface area contributed by atoms with E-state index in [0.717, 1.165) is 25.7 Å². The first-order chi connectivity index (χ1) is 14.3. The molecule has 1 heterocycles. The summed E-state index contributed by atoms with van der Waals surface area (Å²) >= 11 is 0. The molecule has 0 saturated carbocycles. The molecule has 0 radical (unpaired) electrons. The molecule has 156 valence electrons. The third kappa shape index (κ3) is 5.90. The minimum absolute atomic E-state index is 0.0798. The van der Waals surface area contributed by atoms with Gasteiger partial charge in [-0.25, -0.2) is 0 Å². The smallest absolute Gasteiger partial charge is 0.294 e. The van der Waals surface area contributed by atoms with Crippen LogP contribution >= 0.6 is 0 Å². The minimum Gasteiger partial charge on any atom is -0.374 e. The van der Waals surface area contributed by atoms with Crippen LogP contribution in [0, 0.1) is 11.3 Å². The molecule has 0 bridgehead atoms. The molecule has 1 fully saturated rings. The Bertz CT molecular complexity index is 1070. The van der Waals surface area contributed by atoms with Crippen molar-refractivity contribution in [2.75, 3.05) is 31.5 Å². The number of carbonyl (C=O) groups excluding carboxylic acids is 1. The summed E-state index contributed by atoms with van der Waals surface area (Å²) in [5, 5.41) is 11.9. The van der Waals surface area contributed by atoms with Gasteiger partial charge in [-0.2, -0.15) is 13.7 Å². The zero-order valence-electron chi connectivity index (χ0n) is 16.2. The normalized spacial score (nSPS) is 15.5. The van der Waals surface area contributed by atoms with Crippen LogP contribution < -0.4 is 5.32 Å². The standard InChI is InChI=1S/C21H22N4O4S/c22-14-18(21(26)23-19-7-4-8-20(13-19)30(27,28)29)16-25-11-9-24(10-12-25)15-17-5-2-1-3-6-17/h1-8,13,16H,9-12,15H2,(H,23,26)(H,27,28,29)/b18-16-. The van der Waals surface area contributed by atoms with Crippen LogP contribution in [-0.4, -0.2) is 54.9 Å². The Morgan fingerprint density at radius 2 is 1.80 bits per heavy atom. The SMILES string of the molecule is N#C/C(=C/N1CCN(Cc2ccccc2)CC1)C(=O)Nc1cccc(S(=O)(=O)O)c1. The summed E-state index contributed by atoms with van der Waals surface area (Å²) in [5.41, 5.74) is 1.33. The molecule has 2 N–H and O–H groups in total. The second kappa shape index (κ2) is 9.54. The van der Waals surface area contributed by atoms with Gasteiger partial charge in [0, 0.05) is 44.6 Å². The third-order valence-corrected chi connectivity index (χ3v) is 5.57. The molecule has 2 aromatic rings. The van der Waals surface area contributed by atoms with Crippen molar-refractivity contribution in [3.05, 3.63) is 71.9 Å². The summed E-state index contributed by atoms with van der Waals surface area (Å²) in [6.45, 7) is 3.84. The fourth-order valence-electron chi connectivity index (χ4n) is 3.15. The van der Waals surface area contributed by atoms with E-state index in [4.69, 9.17) is 4.55 Å². The summed E-state index contributed by atoms with van der Waals surface area (Å²) < 4.78 is 31.6.